The smallest absolute Gasteiger partial charge is 0.491 e. The molecule has 5 rings (SSSR count). The summed E-state index contributed by atoms with van der Waals surface area (Å²) in [7, 11) is -3.17. The van der Waals surface area contributed by atoms with Crippen LogP contribution < -0.4 is 19.9 Å². The van der Waals surface area contributed by atoms with Gasteiger partial charge in [-0.3, -0.25) is 0 Å². The third-order valence-electron chi connectivity index (χ3n) is 6.64. The highest BCUT2D eigenvalue weighted by molar-refractivity contribution is 7.90. The fourth-order valence-electron chi connectivity index (χ4n) is 4.68. The van der Waals surface area contributed by atoms with E-state index in [2.05, 4.69) is 0 Å². The summed E-state index contributed by atoms with van der Waals surface area (Å²) in [6.07, 6.45) is -5.47. The second kappa shape index (κ2) is 11.4. The van der Waals surface area contributed by atoms with Crippen LogP contribution in [0.5, 0.6) is 17.4 Å². The van der Waals surface area contributed by atoms with Crippen LogP contribution >= 0.6 is 0 Å². The van der Waals surface area contributed by atoms with Crippen molar-refractivity contribution in [1.82, 2.24) is 3.97 Å². The zero-order valence-electron chi connectivity index (χ0n) is 22.2. The maximum absolute atomic E-state index is 13.8. The van der Waals surface area contributed by atoms with Gasteiger partial charge in [-0.15, -0.1) is 0 Å². The Balaban J connectivity index is 1.64. The average molecular weight is 599 g/mol. The van der Waals surface area contributed by atoms with Crippen molar-refractivity contribution in [3.8, 4) is 17.4 Å². The molecule has 0 saturated heterocycles. The number of carbonyl (C=O) groups is 1. The molecule has 0 radical (unpaired) electrons. The van der Waals surface area contributed by atoms with Crippen molar-refractivity contribution in [3.63, 3.8) is 0 Å². The predicted molar refractivity (Wildman–Crippen MR) is 150 cm³/mol. The van der Waals surface area contributed by atoms with Crippen LogP contribution in [-0.2, 0) is 27.8 Å². The Morgan fingerprint density at radius 1 is 0.905 bits per heavy atom. The van der Waals surface area contributed by atoms with E-state index < -0.39 is 28.0 Å². The molecule has 0 fully saturated rings. The first-order valence-electron chi connectivity index (χ1n) is 12.7. The molecule has 5 aromatic rings. The summed E-state index contributed by atoms with van der Waals surface area (Å²) >= 11 is 0. The van der Waals surface area contributed by atoms with E-state index in [1.165, 1.54) is 49.6 Å². The number of aromatic nitrogens is 1. The van der Waals surface area contributed by atoms with E-state index in [0.29, 0.717) is 15.5 Å². The second-order valence-corrected chi connectivity index (χ2v) is 11.0. The van der Waals surface area contributed by atoms with Gasteiger partial charge in [-0.25, -0.2) is 17.2 Å². The van der Waals surface area contributed by atoms with E-state index in [-0.39, 0.29) is 40.9 Å². The normalized spacial score (nSPS) is 12.0. The van der Waals surface area contributed by atoms with Crippen molar-refractivity contribution in [2.45, 2.75) is 24.1 Å². The van der Waals surface area contributed by atoms with Crippen LogP contribution in [0.4, 0.5) is 13.2 Å². The molecule has 42 heavy (non-hydrogen) atoms. The van der Waals surface area contributed by atoms with Crippen LogP contribution in [0.1, 0.15) is 11.1 Å². The van der Waals surface area contributed by atoms with Gasteiger partial charge in [0.05, 0.1) is 17.5 Å². The number of esters is 1. The Hall–Kier alpha value is -4.55. The first kappa shape index (κ1) is 29.0. The Labute approximate surface area is 239 Å². The Kier molecular flexibility index (Phi) is 7.85. The zero-order chi connectivity index (χ0) is 30.1. The number of ether oxygens (including phenoxy) is 3. The van der Waals surface area contributed by atoms with Crippen molar-refractivity contribution in [3.05, 3.63) is 96.1 Å². The molecule has 1 heterocycles. The Morgan fingerprint density at radius 2 is 1.60 bits per heavy atom. The Morgan fingerprint density at radius 3 is 2.29 bits per heavy atom. The highest BCUT2D eigenvalue weighted by Gasteiger charge is 2.43. The van der Waals surface area contributed by atoms with E-state index in [1.807, 2.05) is 42.5 Å². The van der Waals surface area contributed by atoms with E-state index >= 15 is 0 Å². The lowest BCUT2D eigenvalue weighted by Gasteiger charge is -2.14. The maximum atomic E-state index is 13.8. The van der Waals surface area contributed by atoms with Crippen LogP contribution in [0.15, 0.2) is 89.8 Å². The number of rotatable bonds is 9. The number of halogens is 3. The molecule has 2 N–H and O–H groups in total. The molecule has 0 amide bonds. The molecule has 0 aliphatic carbocycles. The van der Waals surface area contributed by atoms with Crippen molar-refractivity contribution in [2.24, 2.45) is 5.73 Å². The SMILES string of the molecule is COc1ccc(S(=O)(=O)n2c(OC(=O)C(F)(F)F)c(CCN)c3cc(OCc4cccc5ccccc45)ccc32)cc1. The van der Waals surface area contributed by atoms with Gasteiger partial charge < -0.3 is 19.9 Å². The van der Waals surface area contributed by atoms with E-state index in [0.717, 1.165) is 16.3 Å². The summed E-state index contributed by atoms with van der Waals surface area (Å²) in [5.74, 6) is -2.67. The van der Waals surface area contributed by atoms with Crippen LogP contribution in [-0.4, -0.2) is 38.2 Å². The van der Waals surface area contributed by atoms with E-state index in [9.17, 15) is 26.4 Å². The van der Waals surface area contributed by atoms with Crippen LogP contribution in [0.25, 0.3) is 21.7 Å². The summed E-state index contributed by atoms with van der Waals surface area (Å²) in [4.78, 5) is 11.7. The number of fused-ring (bicyclic) bond motifs is 2. The number of alkyl halides is 3. The van der Waals surface area contributed by atoms with Gasteiger partial charge in [-0.2, -0.15) is 13.2 Å². The standard InChI is InChI=1S/C30H25F3N2O6S/c1-39-21-9-12-23(13-10-21)42(37,38)35-27-14-11-22(40-18-20-7-4-6-19-5-2-3-8-24(19)20)17-26(27)25(15-16-34)28(35)41-29(36)30(31,32)33/h2-14,17H,15-16,18,34H2,1H3. The summed E-state index contributed by atoms with van der Waals surface area (Å²) in [5.41, 5.74) is 6.65. The molecule has 8 nitrogen and oxygen atoms in total. The fourth-order valence-corrected chi connectivity index (χ4v) is 6.15. The minimum absolute atomic E-state index is 0.0118. The van der Waals surface area contributed by atoms with Gasteiger partial charge in [0.25, 0.3) is 10.0 Å². The van der Waals surface area contributed by atoms with Gasteiger partial charge in [0.2, 0.25) is 5.88 Å². The van der Waals surface area contributed by atoms with Gasteiger partial charge in [-0.1, -0.05) is 42.5 Å². The molecular weight excluding hydrogens is 573 g/mol. The molecule has 0 aliphatic heterocycles. The van der Waals surface area contributed by atoms with Crippen molar-refractivity contribution in [2.75, 3.05) is 13.7 Å². The van der Waals surface area contributed by atoms with E-state index in [1.54, 1.807) is 0 Å². The number of carbonyl (C=O) groups excluding carboxylic acids is 1. The Bertz CT molecular complexity index is 1880. The number of nitrogens with two attached hydrogens (primary N) is 1. The molecule has 1 aromatic heterocycles. The van der Waals surface area contributed by atoms with Gasteiger partial charge >= 0.3 is 12.1 Å². The molecule has 4 aromatic carbocycles. The summed E-state index contributed by atoms with van der Waals surface area (Å²) in [6, 6.07) is 23.2. The van der Waals surface area contributed by atoms with Gasteiger partial charge in [0, 0.05) is 10.9 Å². The topological polar surface area (TPSA) is 110 Å². The van der Waals surface area contributed by atoms with Crippen LogP contribution in [0.2, 0.25) is 0 Å². The molecule has 0 aliphatic rings. The fraction of sp³-hybridized carbons (Fsp3) is 0.167. The van der Waals surface area contributed by atoms with E-state index in [4.69, 9.17) is 19.9 Å². The van der Waals surface area contributed by atoms with Crippen LogP contribution in [0, 0.1) is 0 Å². The van der Waals surface area contributed by atoms with Crippen molar-refractivity contribution < 1.29 is 40.6 Å². The molecule has 0 spiro atoms. The third-order valence-corrected chi connectivity index (χ3v) is 8.35. The average Bonchev–Trinajstić information content (AvgIpc) is 3.28. The van der Waals surface area contributed by atoms with Crippen molar-refractivity contribution >= 4 is 37.7 Å². The molecule has 0 bridgehead atoms. The number of nitrogens with zero attached hydrogens (tertiary/aromatic N) is 1. The molecule has 0 saturated carbocycles. The minimum Gasteiger partial charge on any atom is -0.497 e. The lowest BCUT2D eigenvalue weighted by atomic mass is 10.1. The van der Waals surface area contributed by atoms with Gasteiger partial charge in [0.1, 0.15) is 18.1 Å². The molecule has 218 valence electrons. The highest BCUT2D eigenvalue weighted by atomic mass is 32.2. The first-order chi connectivity index (χ1) is 20.0. The quantitative estimate of drug-likeness (QED) is 0.220. The number of benzene rings is 4. The lowest BCUT2D eigenvalue weighted by molar-refractivity contribution is -0.190. The van der Waals surface area contributed by atoms with Gasteiger partial charge in [0.15, 0.2) is 0 Å². The maximum Gasteiger partial charge on any atom is 0.491 e. The summed E-state index contributed by atoms with van der Waals surface area (Å²) in [5, 5.41) is 2.22. The molecule has 0 unspecified atom stereocenters. The lowest BCUT2D eigenvalue weighted by Crippen LogP contribution is -2.30. The zero-order valence-corrected chi connectivity index (χ0v) is 23.0. The predicted octanol–water partition coefficient (Wildman–Crippen LogP) is 5.59. The number of hydrogen-bond donors (Lipinski definition) is 1. The third kappa shape index (κ3) is 5.50. The molecule has 0 atom stereocenters. The largest absolute Gasteiger partial charge is 0.497 e. The first-order valence-corrected chi connectivity index (χ1v) is 14.1. The van der Waals surface area contributed by atoms with Gasteiger partial charge in [-0.05, 0) is 71.8 Å². The molecular formula is C30H25F3N2O6S. The second-order valence-electron chi connectivity index (χ2n) is 9.26. The number of hydrogen-bond acceptors (Lipinski definition) is 7. The van der Waals surface area contributed by atoms with Crippen molar-refractivity contribution in [1.29, 1.82) is 0 Å². The van der Waals surface area contributed by atoms with Crippen LogP contribution in [0.3, 0.4) is 0 Å². The monoisotopic (exact) mass is 598 g/mol. The minimum atomic E-state index is -5.38. The molecule has 12 heteroatoms. The summed E-state index contributed by atoms with van der Waals surface area (Å²) in [6.45, 7) is 0.0964. The number of methoxy groups -OCH3 is 1. The summed E-state index contributed by atoms with van der Waals surface area (Å²) < 4.78 is 84.0. The highest BCUT2D eigenvalue weighted by Crippen LogP contribution is 2.39.